The SMILES string of the molecule is Cc1cccc(C(=O)C[C@H](N)C(=O)O)c1NC(=O)[C@H](CCC(=O)O)NC(=O)[C@@H](CO)NC(=O)CNC(=O)[C@H](CC(=O)O)NC(=O)[C@@H](C)NC(=O)[C@H](CC(=O)O)NC(=O)[C@H](CCCN)NC(=O)CNC(=O)[C@@H](NC(=O)C(N)CC(=O)O)[C@@H](C)O. The number of aliphatic hydroxyl groups excluding tert-OH is 2. The minimum Gasteiger partial charge on any atom is -0.481 e. The number of Topliss-reactive ketones (excluding diaryl/α,β-unsaturated/α-hetero) is 1. The summed E-state index contributed by atoms with van der Waals surface area (Å²) >= 11 is 0. The van der Waals surface area contributed by atoms with Crippen LogP contribution >= 0.6 is 0 Å². The van der Waals surface area contributed by atoms with Crippen LogP contribution in [-0.4, -0.2) is 217 Å². The Hall–Kier alpha value is -9.26. The number of nitrogens with two attached hydrogens (primary N) is 3. The molecule has 460 valence electrons. The van der Waals surface area contributed by atoms with Gasteiger partial charge in [0.1, 0.15) is 48.3 Å². The molecule has 10 amide bonds. The predicted molar refractivity (Wildman–Crippen MR) is 278 cm³/mol. The molecule has 23 N–H and O–H groups in total. The molecule has 0 fully saturated rings. The number of nitrogens with one attached hydrogen (secondary N) is 10. The van der Waals surface area contributed by atoms with Crippen LogP contribution in [0.2, 0.25) is 0 Å². The third kappa shape index (κ3) is 26.3. The highest BCUT2D eigenvalue weighted by Gasteiger charge is 2.34. The van der Waals surface area contributed by atoms with Gasteiger partial charge in [-0.3, -0.25) is 76.7 Å². The molecule has 1 unspecified atom stereocenters. The van der Waals surface area contributed by atoms with E-state index in [1.807, 2.05) is 21.3 Å². The molecular weight excluding hydrogens is 1110 g/mol. The lowest BCUT2D eigenvalue weighted by Crippen LogP contribution is -2.59. The Morgan fingerprint density at radius 1 is 0.518 bits per heavy atom. The Kier molecular flexibility index (Phi) is 30.7. The van der Waals surface area contributed by atoms with E-state index in [0.29, 0.717) is 0 Å². The molecule has 0 radical (unpaired) electrons. The molecule has 10 atom stereocenters. The van der Waals surface area contributed by atoms with Gasteiger partial charge in [0.25, 0.3) is 0 Å². The minimum atomic E-state index is -2.01. The normalized spacial score (nSPS) is 14.4. The van der Waals surface area contributed by atoms with Crippen molar-refractivity contribution in [2.45, 2.75) is 133 Å². The van der Waals surface area contributed by atoms with Gasteiger partial charge in [0, 0.05) is 18.4 Å². The fourth-order valence-electron chi connectivity index (χ4n) is 6.99. The number of carboxylic acid groups (broad SMARTS) is 5. The molecule has 0 saturated carbocycles. The van der Waals surface area contributed by atoms with Gasteiger partial charge < -0.3 is 106 Å². The number of aliphatic hydroxyl groups is 2. The van der Waals surface area contributed by atoms with Crippen LogP contribution in [0.1, 0.15) is 81.1 Å². The van der Waals surface area contributed by atoms with Crippen molar-refractivity contribution >= 4 is 100 Å². The van der Waals surface area contributed by atoms with Crippen molar-refractivity contribution in [3.05, 3.63) is 29.3 Å². The highest BCUT2D eigenvalue weighted by molar-refractivity contribution is 6.08. The number of carbonyl (C=O) groups excluding carboxylic acids is 11. The summed E-state index contributed by atoms with van der Waals surface area (Å²) in [5.41, 5.74) is 16.5. The summed E-state index contributed by atoms with van der Waals surface area (Å²) in [4.78, 5) is 201. The van der Waals surface area contributed by atoms with Gasteiger partial charge in [-0.25, -0.2) is 0 Å². The van der Waals surface area contributed by atoms with E-state index in [9.17, 15) is 102 Å². The highest BCUT2D eigenvalue weighted by atomic mass is 16.4. The molecule has 36 nitrogen and oxygen atoms in total. The number of amides is 10. The van der Waals surface area contributed by atoms with Gasteiger partial charge in [-0.2, -0.15) is 0 Å². The first-order valence-corrected chi connectivity index (χ1v) is 24.9. The molecule has 0 heterocycles. The van der Waals surface area contributed by atoms with E-state index in [0.717, 1.165) is 13.8 Å². The third-order valence-electron chi connectivity index (χ3n) is 11.4. The molecule has 1 aromatic carbocycles. The van der Waals surface area contributed by atoms with Crippen LogP contribution in [0.5, 0.6) is 0 Å². The number of ketones is 1. The van der Waals surface area contributed by atoms with Crippen molar-refractivity contribution in [3.63, 3.8) is 0 Å². The van der Waals surface area contributed by atoms with Crippen LogP contribution in [0.3, 0.4) is 0 Å². The molecular formula is C47H69N13O23. The molecule has 0 aliphatic heterocycles. The van der Waals surface area contributed by atoms with Crippen LogP contribution < -0.4 is 70.4 Å². The highest BCUT2D eigenvalue weighted by Crippen LogP contribution is 2.23. The summed E-state index contributed by atoms with van der Waals surface area (Å²) < 4.78 is 0. The maximum Gasteiger partial charge on any atom is 0.320 e. The van der Waals surface area contributed by atoms with E-state index in [1.54, 1.807) is 0 Å². The van der Waals surface area contributed by atoms with Crippen LogP contribution in [0.25, 0.3) is 0 Å². The number of anilines is 1. The van der Waals surface area contributed by atoms with E-state index in [-0.39, 0.29) is 36.2 Å². The molecule has 36 heteroatoms. The van der Waals surface area contributed by atoms with Crippen LogP contribution in [0, 0.1) is 6.92 Å². The topological polar surface area (TPSA) is 613 Å². The number of aryl methyl sites for hydroxylation is 1. The van der Waals surface area contributed by atoms with Crippen LogP contribution in [0.15, 0.2) is 18.2 Å². The average molecular weight is 1180 g/mol. The summed E-state index contributed by atoms with van der Waals surface area (Å²) in [6.45, 7) is 0.333. The lowest BCUT2D eigenvalue weighted by atomic mass is 9.99. The van der Waals surface area contributed by atoms with Gasteiger partial charge in [-0.1, -0.05) is 12.1 Å². The molecule has 1 aromatic rings. The Bertz CT molecular complexity index is 2600. The maximum atomic E-state index is 13.5. The summed E-state index contributed by atoms with van der Waals surface area (Å²) in [7, 11) is 0. The fraction of sp³-hybridized carbons (Fsp3) is 0.532. The number of aliphatic carboxylic acids is 5. The fourth-order valence-corrected chi connectivity index (χ4v) is 6.99. The zero-order valence-electron chi connectivity index (χ0n) is 44.9. The van der Waals surface area contributed by atoms with Gasteiger partial charge in [0.05, 0.1) is 56.8 Å². The van der Waals surface area contributed by atoms with Crippen molar-refractivity contribution in [1.82, 2.24) is 47.9 Å². The zero-order valence-corrected chi connectivity index (χ0v) is 44.9. The number of rotatable bonds is 38. The molecule has 0 aliphatic carbocycles. The molecule has 0 bridgehead atoms. The predicted octanol–water partition coefficient (Wildman–Crippen LogP) is -8.71. The molecule has 0 spiro atoms. The summed E-state index contributed by atoms with van der Waals surface area (Å²) in [6.07, 6.45) is -6.90. The van der Waals surface area contributed by atoms with Crippen molar-refractivity contribution in [1.29, 1.82) is 0 Å². The standard InChI is InChI=1S/C47H69N13O23/c1-19-6-4-7-22(30(63)12-24(50)47(82)83)37(19)59-43(78)26(9-10-33(66)67)56-45(80)29(18-61)55-32(65)16-51-41(76)27(14-35(70)71)57-39(74)20(2)53-44(79)28(15-36(72)73)58-42(77)25(8-5-11-48)54-31(64)17-52-46(81)38(21(3)62)60-40(75)23(49)13-34(68)69/h4,6-7,20-21,23-29,38,61-62H,5,8-18,48-50H2,1-3H3,(H,51,76)(H,52,81)(H,53,79)(H,54,64)(H,55,65)(H,56,80)(H,57,74)(H,58,77)(H,59,78)(H,60,75)(H,66,67)(H,68,69)(H,70,71)(H,72,73)(H,82,83)/t20-,21-,23?,24+,25+,26+,27+,28+,29-,38+/m1/s1. The quantitative estimate of drug-likeness (QED) is 0.0273. The Morgan fingerprint density at radius 2 is 1.01 bits per heavy atom. The summed E-state index contributed by atoms with van der Waals surface area (Å²) in [5.74, 6) is -20.6. The van der Waals surface area contributed by atoms with Gasteiger partial charge in [0.2, 0.25) is 59.1 Å². The lowest BCUT2D eigenvalue weighted by Gasteiger charge is -2.25. The largest absolute Gasteiger partial charge is 0.481 e. The van der Waals surface area contributed by atoms with Crippen molar-refractivity contribution in [2.24, 2.45) is 17.2 Å². The van der Waals surface area contributed by atoms with E-state index in [1.165, 1.54) is 25.1 Å². The first-order chi connectivity index (χ1) is 38.7. The van der Waals surface area contributed by atoms with Crippen molar-refractivity contribution in [2.75, 3.05) is 31.6 Å². The van der Waals surface area contributed by atoms with Gasteiger partial charge >= 0.3 is 29.8 Å². The van der Waals surface area contributed by atoms with Gasteiger partial charge in [0.15, 0.2) is 5.78 Å². The van der Waals surface area contributed by atoms with E-state index in [4.69, 9.17) is 27.4 Å². The molecule has 83 heavy (non-hydrogen) atoms. The minimum absolute atomic E-state index is 0.0436. The second kappa shape index (κ2) is 35.5. The number of benzene rings is 1. The van der Waals surface area contributed by atoms with Crippen LogP contribution in [0.4, 0.5) is 5.69 Å². The van der Waals surface area contributed by atoms with Crippen molar-refractivity contribution in [3.8, 4) is 0 Å². The molecule has 0 aliphatic rings. The first-order valence-electron chi connectivity index (χ1n) is 24.9. The number of para-hydroxylation sites is 1. The average Bonchev–Trinajstić information content (AvgIpc) is 3.43. The molecule has 0 saturated heterocycles. The summed E-state index contributed by atoms with van der Waals surface area (Å²) in [6, 6.07) is -11.8. The first kappa shape index (κ1) is 71.8. The van der Waals surface area contributed by atoms with Crippen LogP contribution in [-0.2, 0) is 71.9 Å². The third-order valence-corrected chi connectivity index (χ3v) is 11.4. The Morgan fingerprint density at radius 3 is 1.53 bits per heavy atom. The molecule has 1 rings (SSSR count). The monoisotopic (exact) mass is 1180 g/mol. The smallest absolute Gasteiger partial charge is 0.320 e. The second-order valence-electron chi connectivity index (χ2n) is 18.3. The Balaban J connectivity index is 3.10. The lowest BCUT2D eigenvalue weighted by molar-refractivity contribution is -0.142. The van der Waals surface area contributed by atoms with Gasteiger partial charge in [-0.05, 0) is 58.2 Å². The van der Waals surface area contributed by atoms with Crippen molar-refractivity contribution < 1.29 is 112 Å². The van der Waals surface area contributed by atoms with E-state index >= 15 is 0 Å². The van der Waals surface area contributed by atoms with E-state index < -0.39 is 213 Å². The number of hydrogen-bond acceptors (Lipinski definition) is 21. The van der Waals surface area contributed by atoms with Gasteiger partial charge in [-0.15, -0.1) is 0 Å². The maximum absolute atomic E-state index is 13.5. The molecule has 0 aromatic heterocycles. The Labute approximate surface area is 470 Å². The number of carboxylic acids is 5. The number of carbonyl (C=O) groups is 16. The second-order valence-corrected chi connectivity index (χ2v) is 18.3. The zero-order chi connectivity index (χ0) is 63.4. The number of hydrogen-bond donors (Lipinski definition) is 20. The van der Waals surface area contributed by atoms with E-state index in [2.05, 4.69) is 31.9 Å². The summed E-state index contributed by atoms with van der Waals surface area (Å²) in [5, 5.41) is 87.6.